The predicted octanol–water partition coefficient (Wildman–Crippen LogP) is 3.65. The lowest BCUT2D eigenvalue weighted by molar-refractivity contribution is -0.120. The lowest BCUT2D eigenvalue weighted by Gasteiger charge is -2.09. The van der Waals surface area contributed by atoms with Crippen molar-refractivity contribution in [3.63, 3.8) is 0 Å². The molecule has 0 saturated carbocycles. The highest BCUT2D eigenvalue weighted by Crippen LogP contribution is 2.29. The van der Waals surface area contributed by atoms with Crippen molar-refractivity contribution in [1.29, 1.82) is 0 Å². The second-order valence-corrected chi connectivity index (χ2v) is 5.14. The minimum atomic E-state index is 0.0407. The van der Waals surface area contributed by atoms with E-state index in [0.29, 0.717) is 12.2 Å². The fourth-order valence-corrected chi connectivity index (χ4v) is 2.23. The molecule has 0 unspecified atom stereocenters. The van der Waals surface area contributed by atoms with Crippen molar-refractivity contribution >= 4 is 21.7 Å². The van der Waals surface area contributed by atoms with Crippen LogP contribution in [-0.2, 0) is 11.2 Å². The van der Waals surface area contributed by atoms with Gasteiger partial charge in [-0.05, 0) is 39.7 Å². The van der Waals surface area contributed by atoms with Crippen LogP contribution in [0.2, 0.25) is 0 Å². The summed E-state index contributed by atoms with van der Waals surface area (Å²) >= 11 is 3.39. The molecule has 0 radical (unpaired) electrons. The van der Waals surface area contributed by atoms with E-state index in [2.05, 4.69) is 15.9 Å². The van der Waals surface area contributed by atoms with Gasteiger partial charge in [-0.15, -0.1) is 0 Å². The topological polar surface area (TPSA) is 35.5 Å². The molecule has 0 aliphatic carbocycles. The standard InChI is InChI=1S/C16H15BrO3/c1-19-14-7-8-16(15(17)10-14)20-11-13(18)9-12-5-3-2-4-6-12/h2-8,10H,9,11H2,1H3. The van der Waals surface area contributed by atoms with E-state index >= 15 is 0 Å². The Bertz CT molecular complexity index is 582. The van der Waals surface area contributed by atoms with Crippen LogP contribution in [0.5, 0.6) is 11.5 Å². The van der Waals surface area contributed by atoms with E-state index in [0.717, 1.165) is 15.8 Å². The molecule has 20 heavy (non-hydrogen) atoms. The number of halogens is 1. The van der Waals surface area contributed by atoms with Crippen LogP contribution in [0.1, 0.15) is 5.56 Å². The van der Waals surface area contributed by atoms with Crippen molar-refractivity contribution in [1.82, 2.24) is 0 Å². The Balaban J connectivity index is 1.90. The minimum Gasteiger partial charge on any atom is -0.497 e. The van der Waals surface area contributed by atoms with E-state index in [-0.39, 0.29) is 12.4 Å². The zero-order valence-corrected chi connectivity index (χ0v) is 12.7. The zero-order chi connectivity index (χ0) is 14.4. The van der Waals surface area contributed by atoms with E-state index in [9.17, 15) is 4.79 Å². The molecule has 0 bridgehead atoms. The number of benzene rings is 2. The molecule has 0 amide bonds. The second kappa shape index (κ2) is 7.10. The maximum atomic E-state index is 11.9. The molecule has 0 fully saturated rings. The number of carbonyl (C=O) groups is 1. The van der Waals surface area contributed by atoms with Gasteiger partial charge in [-0.2, -0.15) is 0 Å². The summed E-state index contributed by atoms with van der Waals surface area (Å²) < 4.78 is 11.4. The fourth-order valence-electron chi connectivity index (χ4n) is 1.76. The number of ether oxygens (including phenoxy) is 2. The Hall–Kier alpha value is -1.81. The van der Waals surface area contributed by atoms with Crippen molar-refractivity contribution in [3.05, 3.63) is 58.6 Å². The van der Waals surface area contributed by atoms with E-state index in [1.165, 1.54) is 0 Å². The van der Waals surface area contributed by atoms with Crippen LogP contribution in [0.4, 0.5) is 0 Å². The van der Waals surface area contributed by atoms with Gasteiger partial charge in [-0.25, -0.2) is 0 Å². The van der Waals surface area contributed by atoms with Gasteiger partial charge in [0.2, 0.25) is 0 Å². The molecule has 0 aliphatic heterocycles. The van der Waals surface area contributed by atoms with Gasteiger partial charge in [0.05, 0.1) is 11.6 Å². The summed E-state index contributed by atoms with van der Waals surface area (Å²) in [5.74, 6) is 1.41. The van der Waals surface area contributed by atoms with E-state index in [1.807, 2.05) is 30.3 Å². The molecule has 2 aromatic carbocycles. The number of ketones is 1. The summed E-state index contributed by atoms with van der Waals surface area (Å²) in [6, 6.07) is 15.0. The van der Waals surface area contributed by atoms with Crippen LogP contribution >= 0.6 is 15.9 Å². The third-order valence-corrected chi connectivity index (χ3v) is 3.39. The maximum absolute atomic E-state index is 11.9. The number of methoxy groups -OCH3 is 1. The first kappa shape index (κ1) is 14.6. The maximum Gasteiger partial charge on any atom is 0.174 e. The molecule has 3 nitrogen and oxygen atoms in total. The molecular weight excluding hydrogens is 320 g/mol. The van der Waals surface area contributed by atoms with Crippen molar-refractivity contribution in [3.8, 4) is 11.5 Å². The molecule has 0 spiro atoms. The Labute approximate surface area is 126 Å². The monoisotopic (exact) mass is 334 g/mol. The normalized spacial score (nSPS) is 10.1. The summed E-state index contributed by atoms with van der Waals surface area (Å²) in [4.78, 5) is 11.9. The second-order valence-electron chi connectivity index (χ2n) is 4.29. The quantitative estimate of drug-likeness (QED) is 0.808. The lowest BCUT2D eigenvalue weighted by atomic mass is 10.1. The van der Waals surface area contributed by atoms with Crippen LogP contribution in [0.25, 0.3) is 0 Å². The first-order valence-corrected chi connectivity index (χ1v) is 7.00. The van der Waals surface area contributed by atoms with Gasteiger partial charge in [0, 0.05) is 6.42 Å². The summed E-state index contributed by atoms with van der Waals surface area (Å²) in [6.07, 6.45) is 0.384. The van der Waals surface area contributed by atoms with Crippen LogP contribution in [-0.4, -0.2) is 19.5 Å². The number of carbonyl (C=O) groups excluding carboxylic acids is 1. The van der Waals surface area contributed by atoms with Crippen LogP contribution in [0.3, 0.4) is 0 Å². The lowest BCUT2D eigenvalue weighted by Crippen LogP contribution is -2.14. The van der Waals surface area contributed by atoms with Crippen LogP contribution in [0.15, 0.2) is 53.0 Å². The number of Topliss-reactive ketones (excluding diaryl/α,β-unsaturated/α-hetero) is 1. The summed E-state index contributed by atoms with van der Waals surface area (Å²) in [5.41, 5.74) is 0.995. The first-order valence-electron chi connectivity index (χ1n) is 6.21. The third kappa shape index (κ3) is 4.10. The smallest absolute Gasteiger partial charge is 0.174 e. The van der Waals surface area contributed by atoms with Gasteiger partial charge in [0.1, 0.15) is 18.1 Å². The molecule has 0 aliphatic rings. The molecule has 0 saturated heterocycles. The molecule has 0 atom stereocenters. The van der Waals surface area contributed by atoms with Gasteiger partial charge in [-0.3, -0.25) is 4.79 Å². The first-order chi connectivity index (χ1) is 9.69. The molecule has 0 heterocycles. The van der Waals surface area contributed by atoms with Crippen LogP contribution < -0.4 is 9.47 Å². The molecule has 0 aromatic heterocycles. The average Bonchev–Trinajstić information content (AvgIpc) is 2.47. The average molecular weight is 335 g/mol. The van der Waals surface area contributed by atoms with Crippen molar-refractivity contribution in [2.24, 2.45) is 0 Å². The van der Waals surface area contributed by atoms with Crippen molar-refractivity contribution in [2.45, 2.75) is 6.42 Å². The van der Waals surface area contributed by atoms with Gasteiger partial charge in [0.25, 0.3) is 0 Å². The summed E-state index contributed by atoms with van der Waals surface area (Å²) in [7, 11) is 1.60. The fraction of sp³-hybridized carbons (Fsp3) is 0.188. The number of hydrogen-bond donors (Lipinski definition) is 0. The molecule has 0 N–H and O–H groups in total. The molecule has 2 aromatic rings. The van der Waals surface area contributed by atoms with Gasteiger partial charge in [0.15, 0.2) is 5.78 Å². The van der Waals surface area contributed by atoms with Crippen LogP contribution in [0, 0.1) is 0 Å². The number of rotatable bonds is 6. The van der Waals surface area contributed by atoms with Crippen molar-refractivity contribution in [2.75, 3.05) is 13.7 Å². The Kier molecular flexibility index (Phi) is 5.18. The molecular formula is C16H15BrO3. The SMILES string of the molecule is COc1ccc(OCC(=O)Cc2ccccc2)c(Br)c1. The third-order valence-electron chi connectivity index (χ3n) is 2.77. The summed E-state index contributed by atoms with van der Waals surface area (Å²) in [5, 5.41) is 0. The Morgan fingerprint density at radius 2 is 1.90 bits per heavy atom. The highest BCUT2D eigenvalue weighted by atomic mass is 79.9. The zero-order valence-electron chi connectivity index (χ0n) is 11.1. The van der Waals surface area contributed by atoms with Gasteiger partial charge >= 0.3 is 0 Å². The molecule has 4 heteroatoms. The largest absolute Gasteiger partial charge is 0.497 e. The highest BCUT2D eigenvalue weighted by molar-refractivity contribution is 9.10. The highest BCUT2D eigenvalue weighted by Gasteiger charge is 2.07. The van der Waals surface area contributed by atoms with E-state index in [4.69, 9.17) is 9.47 Å². The number of hydrogen-bond acceptors (Lipinski definition) is 3. The predicted molar refractivity (Wildman–Crippen MR) is 81.3 cm³/mol. The molecule has 104 valence electrons. The van der Waals surface area contributed by atoms with E-state index in [1.54, 1.807) is 25.3 Å². The van der Waals surface area contributed by atoms with Crippen molar-refractivity contribution < 1.29 is 14.3 Å². The Morgan fingerprint density at radius 1 is 1.15 bits per heavy atom. The summed E-state index contributed by atoms with van der Waals surface area (Å²) in [6.45, 7) is 0.0554. The van der Waals surface area contributed by atoms with Gasteiger partial charge < -0.3 is 9.47 Å². The Morgan fingerprint density at radius 3 is 2.55 bits per heavy atom. The molecule has 2 rings (SSSR count). The minimum absolute atomic E-state index is 0.0407. The van der Waals surface area contributed by atoms with Gasteiger partial charge in [-0.1, -0.05) is 30.3 Å². The van der Waals surface area contributed by atoms with E-state index < -0.39 is 0 Å².